The number of aliphatic carboxylic acids is 1. The van der Waals surface area contributed by atoms with Crippen LogP contribution in [0.1, 0.15) is 145 Å². The zero-order chi connectivity index (χ0) is 51.2. The maximum atomic E-state index is 13.9. The number of carbonyl (C=O) groups is 7. The van der Waals surface area contributed by atoms with Crippen molar-refractivity contribution in [3.05, 3.63) is 71.3 Å². The summed E-state index contributed by atoms with van der Waals surface area (Å²) in [6, 6.07) is 9.26. The maximum Gasteiger partial charge on any atom is 0.331 e. The number of carboxylic acid groups (broad SMARTS) is 1. The molecule has 14 heteroatoms. The van der Waals surface area contributed by atoms with E-state index in [0.717, 1.165) is 44.1 Å². The van der Waals surface area contributed by atoms with Crippen molar-refractivity contribution in [2.45, 2.75) is 140 Å². The molecule has 0 bridgehead atoms. The Labute approximate surface area is 410 Å². The maximum absolute atomic E-state index is 13.9. The molecule has 8 atom stereocenters. The number of hydrogen-bond donors (Lipinski definition) is 1. The van der Waals surface area contributed by atoms with Gasteiger partial charge in [-0.25, -0.2) is 9.59 Å². The topological polar surface area (TPSA) is 195 Å². The van der Waals surface area contributed by atoms with Gasteiger partial charge in [0, 0.05) is 50.7 Å². The summed E-state index contributed by atoms with van der Waals surface area (Å²) in [6.07, 6.45) is 14.7. The molecule has 0 spiro atoms. The normalized spacial score (nSPS) is 30.5. The first-order valence-electron chi connectivity index (χ1n) is 24.4. The Morgan fingerprint density at radius 1 is 0.629 bits per heavy atom. The first-order valence-corrected chi connectivity index (χ1v) is 24.4. The largest absolute Gasteiger partial charge is 0.481 e. The molecule has 0 amide bonds. The van der Waals surface area contributed by atoms with Crippen molar-refractivity contribution in [1.82, 2.24) is 0 Å². The lowest BCUT2D eigenvalue weighted by Gasteiger charge is -2.71. The molecule has 4 fully saturated rings. The van der Waals surface area contributed by atoms with Crippen LogP contribution in [-0.4, -0.2) is 59.6 Å². The van der Waals surface area contributed by atoms with Gasteiger partial charge in [0.2, 0.25) is 0 Å². The molecule has 0 radical (unpaired) electrons. The van der Waals surface area contributed by atoms with Crippen LogP contribution in [0.4, 0.5) is 0 Å². The third kappa shape index (κ3) is 9.84. The number of ether oxygens (including phenoxy) is 6. The number of esters is 6. The van der Waals surface area contributed by atoms with Crippen molar-refractivity contribution in [3.8, 4) is 23.0 Å². The molecule has 2 aromatic rings. The fourth-order valence-corrected chi connectivity index (χ4v) is 13.9. The van der Waals surface area contributed by atoms with E-state index < -0.39 is 58.0 Å². The fourth-order valence-electron chi connectivity index (χ4n) is 13.9. The van der Waals surface area contributed by atoms with E-state index in [2.05, 4.69) is 47.6 Å². The average molecular weight is 965 g/mol. The van der Waals surface area contributed by atoms with Gasteiger partial charge in [-0.1, -0.05) is 65.3 Å². The highest BCUT2D eigenvalue weighted by Gasteiger charge is 2.71. The molecule has 0 aromatic heterocycles. The van der Waals surface area contributed by atoms with E-state index in [1.54, 1.807) is 24.3 Å². The highest BCUT2D eigenvalue weighted by molar-refractivity contribution is 5.88. The quantitative estimate of drug-likeness (QED) is 0.0913. The van der Waals surface area contributed by atoms with Crippen LogP contribution in [0.3, 0.4) is 0 Å². The van der Waals surface area contributed by atoms with E-state index in [-0.39, 0.29) is 69.7 Å². The molecule has 5 aliphatic carbocycles. The van der Waals surface area contributed by atoms with E-state index in [4.69, 9.17) is 28.4 Å². The molecule has 0 aliphatic heterocycles. The number of hydrogen-bond acceptors (Lipinski definition) is 13. The number of allylic oxidation sites excluding steroid dienone is 1. The Kier molecular flexibility index (Phi) is 14.3. The van der Waals surface area contributed by atoms with Crippen LogP contribution >= 0.6 is 0 Å². The summed E-state index contributed by atoms with van der Waals surface area (Å²) in [6.45, 7) is 18.6. The van der Waals surface area contributed by atoms with E-state index in [0.29, 0.717) is 36.8 Å². The van der Waals surface area contributed by atoms with Gasteiger partial charge in [0.1, 0.15) is 12.7 Å². The van der Waals surface area contributed by atoms with Crippen molar-refractivity contribution in [2.75, 3.05) is 6.61 Å². The first-order chi connectivity index (χ1) is 32.7. The van der Waals surface area contributed by atoms with E-state index >= 15 is 0 Å². The average Bonchev–Trinajstić information content (AvgIpc) is 3.25. The van der Waals surface area contributed by atoms with Crippen molar-refractivity contribution < 1.29 is 67.1 Å². The fraction of sp³-hybridized carbons (Fsp3) is 0.554. The van der Waals surface area contributed by atoms with Crippen LogP contribution in [0.25, 0.3) is 12.2 Å². The minimum absolute atomic E-state index is 0.0300. The highest BCUT2D eigenvalue weighted by atomic mass is 16.6. The molecule has 7 rings (SSSR count). The van der Waals surface area contributed by atoms with Gasteiger partial charge in [-0.15, -0.1) is 0 Å². The molecule has 14 nitrogen and oxygen atoms in total. The summed E-state index contributed by atoms with van der Waals surface area (Å²) < 4.78 is 33.6. The molecule has 4 saturated carbocycles. The third-order valence-electron chi connectivity index (χ3n) is 17.2. The van der Waals surface area contributed by atoms with Crippen molar-refractivity contribution in [2.24, 2.45) is 50.2 Å². The molecule has 0 saturated heterocycles. The van der Waals surface area contributed by atoms with Crippen LogP contribution in [0.15, 0.2) is 60.2 Å². The second kappa shape index (κ2) is 19.3. The number of carbonyl (C=O) groups excluding carboxylic acids is 6. The van der Waals surface area contributed by atoms with Gasteiger partial charge in [0.15, 0.2) is 23.0 Å². The van der Waals surface area contributed by atoms with Crippen molar-refractivity contribution >= 4 is 53.9 Å². The molecule has 2 unspecified atom stereocenters. The lowest BCUT2D eigenvalue weighted by molar-refractivity contribution is -0.221. The van der Waals surface area contributed by atoms with Gasteiger partial charge in [0.05, 0.1) is 5.41 Å². The van der Waals surface area contributed by atoms with Crippen LogP contribution in [0.5, 0.6) is 23.0 Å². The Morgan fingerprint density at radius 3 is 1.70 bits per heavy atom. The minimum atomic E-state index is -0.909. The van der Waals surface area contributed by atoms with Gasteiger partial charge in [-0.2, -0.15) is 0 Å². The monoisotopic (exact) mass is 964 g/mol. The number of benzene rings is 2. The summed E-state index contributed by atoms with van der Waals surface area (Å²) in [5, 5.41) is 11.1. The molecule has 376 valence electrons. The smallest absolute Gasteiger partial charge is 0.331 e. The molecular formula is C56H68O14. The lowest BCUT2D eigenvalue weighted by atomic mass is 9.33. The van der Waals surface area contributed by atoms with Crippen LogP contribution in [0, 0.1) is 50.2 Å². The summed E-state index contributed by atoms with van der Waals surface area (Å²) in [7, 11) is 0. The molecule has 1 N–H and O–H groups in total. The van der Waals surface area contributed by atoms with E-state index in [9.17, 15) is 38.7 Å². The number of rotatable bonds is 12. The van der Waals surface area contributed by atoms with E-state index in [1.807, 2.05) is 0 Å². The second-order valence-corrected chi connectivity index (χ2v) is 22.3. The highest BCUT2D eigenvalue weighted by Crippen LogP contribution is 2.76. The summed E-state index contributed by atoms with van der Waals surface area (Å²) in [5.74, 6) is -3.90. The minimum Gasteiger partial charge on any atom is -0.481 e. The van der Waals surface area contributed by atoms with Crippen LogP contribution < -0.4 is 18.9 Å². The number of fused-ring (bicyclic) bond motifs is 7. The lowest BCUT2D eigenvalue weighted by Crippen LogP contribution is -2.67. The van der Waals surface area contributed by atoms with Gasteiger partial charge >= 0.3 is 41.8 Å². The molecule has 0 heterocycles. The molecule has 2 aromatic carbocycles. The summed E-state index contributed by atoms with van der Waals surface area (Å²) in [5.41, 5.74) is -0.503. The summed E-state index contributed by atoms with van der Waals surface area (Å²) >= 11 is 0. The third-order valence-corrected chi connectivity index (χ3v) is 17.2. The number of carboxylic acids is 1. The predicted molar refractivity (Wildman–Crippen MR) is 258 cm³/mol. The van der Waals surface area contributed by atoms with Crippen LogP contribution in [0.2, 0.25) is 0 Å². The SMILES string of the molecule is CC(=O)Oc1ccc(/C=C/C(=O)OC[C@@]23CC[C@@]4(C(=O)O)CCC(C)(C)CC4C2=CC[C@@H]2[C@@]4(C)CC[C@H](OC(=O)/C=C/c5ccc(OC(C)=O)c(OC(C)=O)c5)C(C)(C)C4CC[C@]23C)cc1OC(C)=O. The standard InChI is InChI=1S/C56H68O14/c1-33(57)66-41-16-11-37(29-43(41)68-35(3)59)13-19-48(61)65-32-56-28-27-55(50(63)64)26-25-51(5,6)31-40(55)39(56)15-18-46-53(9)23-22-47(52(7,8)45(53)21-24-54(46,56)10)70-49(62)20-14-38-12-17-42(67-34(2)58)44(30-38)69-36(4)60/h11-17,19-20,29-30,40,45-47H,18,21-28,31-32H2,1-10H3,(H,63,64)/b19-13+,20-14+/t40?,45?,46-,47+,53+,54-,55+,56+/m1/s1. The van der Waals surface area contributed by atoms with Crippen molar-refractivity contribution in [3.63, 3.8) is 0 Å². The Bertz CT molecular complexity index is 2560. The zero-order valence-electron chi connectivity index (χ0n) is 42.2. The van der Waals surface area contributed by atoms with E-state index in [1.165, 1.54) is 64.1 Å². The molecule has 70 heavy (non-hydrogen) atoms. The second-order valence-electron chi connectivity index (χ2n) is 22.3. The predicted octanol–water partition coefficient (Wildman–Crippen LogP) is 10.4. The van der Waals surface area contributed by atoms with Gasteiger partial charge < -0.3 is 33.5 Å². The van der Waals surface area contributed by atoms with Gasteiger partial charge in [-0.3, -0.25) is 24.0 Å². The van der Waals surface area contributed by atoms with Gasteiger partial charge in [-0.05, 0) is 146 Å². The van der Waals surface area contributed by atoms with Crippen LogP contribution in [-0.2, 0) is 43.0 Å². The zero-order valence-corrected chi connectivity index (χ0v) is 42.2. The first kappa shape index (κ1) is 51.8. The Hall–Kier alpha value is -6.05. The van der Waals surface area contributed by atoms with Crippen molar-refractivity contribution in [1.29, 1.82) is 0 Å². The Balaban J connectivity index is 1.16. The Morgan fingerprint density at radius 2 is 1.16 bits per heavy atom. The molecule has 5 aliphatic rings. The van der Waals surface area contributed by atoms with Gasteiger partial charge in [0.25, 0.3) is 0 Å². The summed E-state index contributed by atoms with van der Waals surface area (Å²) in [4.78, 5) is 87.9. The molecular weight excluding hydrogens is 897 g/mol.